The van der Waals surface area contributed by atoms with Crippen LogP contribution in [0.1, 0.15) is 18.4 Å². The molecule has 0 aliphatic carbocycles. The first-order valence-electron chi connectivity index (χ1n) is 7.54. The Morgan fingerprint density at radius 1 is 1.33 bits per heavy atom. The van der Waals surface area contributed by atoms with Gasteiger partial charge in [0.15, 0.2) is 5.16 Å². The molecule has 0 unspecified atom stereocenters. The summed E-state index contributed by atoms with van der Waals surface area (Å²) < 4.78 is 0. The van der Waals surface area contributed by atoms with Crippen molar-refractivity contribution in [2.45, 2.75) is 24.9 Å². The molecule has 0 aliphatic rings. The van der Waals surface area contributed by atoms with Gasteiger partial charge in [-0.25, -0.2) is 4.98 Å². The van der Waals surface area contributed by atoms with E-state index in [0.717, 1.165) is 16.0 Å². The minimum atomic E-state index is -0.312. The second-order valence-corrected chi connectivity index (χ2v) is 7.43. The highest BCUT2D eigenvalue weighted by atomic mass is 32.2. The molecule has 5 nitrogen and oxygen atoms in total. The van der Waals surface area contributed by atoms with Crippen molar-refractivity contribution in [2.24, 2.45) is 5.73 Å². The quantitative estimate of drug-likeness (QED) is 0.401. The topological polar surface area (TPSA) is 88.8 Å². The molecule has 7 heteroatoms. The van der Waals surface area contributed by atoms with Crippen LogP contribution < -0.4 is 11.3 Å². The number of thiophene rings is 1. The van der Waals surface area contributed by atoms with Gasteiger partial charge in [0.1, 0.15) is 4.83 Å². The molecule has 3 N–H and O–H groups in total. The lowest BCUT2D eigenvalue weighted by atomic mass is 10.1. The van der Waals surface area contributed by atoms with Crippen molar-refractivity contribution < 1.29 is 4.79 Å². The van der Waals surface area contributed by atoms with E-state index < -0.39 is 0 Å². The van der Waals surface area contributed by atoms with Gasteiger partial charge in [0.25, 0.3) is 5.56 Å². The first kappa shape index (κ1) is 16.7. The predicted molar refractivity (Wildman–Crippen MR) is 99.6 cm³/mol. The van der Waals surface area contributed by atoms with Crippen LogP contribution in [-0.2, 0) is 4.79 Å². The summed E-state index contributed by atoms with van der Waals surface area (Å²) in [4.78, 5) is 31.3. The molecule has 1 aromatic carbocycles. The molecule has 2 aromatic heterocycles. The second kappa shape index (κ2) is 7.19. The first-order chi connectivity index (χ1) is 11.5. The highest BCUT2D eigenvalue weighted by molar-refractivity contribution is 7.99. The minimum Gasteiger partial charge on any atom is -0.370 e. The Bertz CT molecular complexity index is 929. The van der Waals surface area contributed by atoms with Gasteiger partial charge in [-0.15, -0.1) is 11.3 Å². The molecule has 2 heterocycles. The third kappa shape index (κ3) is 3.68. The number of hydrogen-bond donors (Lipinski definition) is 2. The summed E-state index contributed by atoms with van der Waals surface area (Å²) in [6.45, 7) is 2.03. The van der Waals surface area contributed by atoms with Crippen LogP contribution in [0.4, 0.5) is 0 Å². The number of fused-ring (bicyclic) bond motifs is 1. The predicted octanol–water partition coefficient (Wildman–Crippen LogP) is 3.32. The normalized spacial score (nSPS) is 11.0. The monoisotopic (exact) mass is 359 g/mol. The van der Waals surface area contributed by atoms with Gasteiger partial charge in [0, 0.05) is 23.1 Å². The van der Waals surface area contributed by atoms with Crippen LogP contribution in [0.5, 0.6) is 0 Å². The van der Waals surface area contributed by atoms with Crippen LogP contribution in [0.15, 0.2) is 39.6 Å². The van der Waals surface area contributed by atoms with Crippen LogP contribution in [0.2, 0.25) is 0 Å². The summed E-state index contributed by atoms with van der Waals surface area (Å²) in [7, 11) is 0. The van der Waals surface area contributed by atoms with Crippen LogP contribution >= 0.6 is 23.1 Å². The molecule has 3 rings (SSSR count). The molecule has 0 fully saturated rings. The third-order valence-electron chi connectivity index (χ3n) is 3.59. The van der Waals surface area contributed by atoms with E-state index in [1.165, 1.54) is 28.7 Å². The molecule has 0 radical (unpaired) electrons. The number of aryl methyl sites for hydroxylation is 1. The smallest absolute Gasteiger partial charge is 0.260 e. The van der Waals surface area contributed by atoms with Gasteiger partial charge in [-0.05, 0) is 18.9 Å². The Morgan fingerprint density at radius 3 is 2.79 bits per heavy atom. The molecule has 24 heavy (non-hydrogen) atoms. The van der Waals surface area contributed by atoms with Crippen LogP contribution in [0, 0.1) is 6.92 Å². The molecule has 0 saturated carbocycles. The summed E-state index contributed by atoms with van der Waals surface area (Å²) in [6.07, 6.45) is 1.01. The highest BCUT2D eigenvalue weighted by Crippen LogP contribution is 2.31. The number of rotatable bonds is 6. The number of primary amides is 1. The maximum absolute atomic E-state index is 12.5. The second-order valence-electron chi connectivity index (χ2n) is 5.48. The number of thioether (sulfide) groups is 1. The van der Waals surface area contributed by atoms with E-state index in [-0.39, 0.29) is 11.5 Å². The van der Waals surface area contributed by atoms with Crippen LogP contribution in [-0.4, -0.2) is 21.6 Å². The Kier molecular flexibility index (Phi) is 5.01. The van der Waals surface area contributed by atoms with Crippen molar-refractivity contribution in [3.8, 4) is 11.1 Å². The van der Waals surface area contributed by atoms with E-state index in [9.17, 15) is 9.59 Å². The number of H-pyrrole nitrogens is 1. The summed E-state index contributed by atoms with van der Waals surface area (Å²) in [5, 5.41) is 3.18. The number of nitrogens with zero attached hydrogens (tertiary/aromatic N) is 1. The molecule has 1 amide bonds. The highest BCUT2D eigenvalue weighted by Gasteiger charge is 2.13. The Morgan fingerprint density at radius 2 is 2.08 bits per heavy atom. The SMILES string of the molecule is Cc1ccc(-c2csc3nc(SCCCC(N)=O)[nH]c(=O)c23)cc1. The number of benzene rings is 1. The number of nitrogens with two attached hydrogens (primary N) is 1. The number of carbonyl (C=O) groups excluding carboxylic acids is 1. The molecule has 124 valence electrons. The number of nitrogens with one attached hydrogen (secondary N) is 1. The summed E-state index contributed by atoms with van der Waals surface area (Å²) in [5.41, 5.74) is 8.09. The van der Waals surface area contributed by atoms with Crippen molar-refractivity contribution in [1.82, 2.24) is 9.97 Å². The Balaban J connectivity index is 1.87. The molecular formula is C17H17N3O2S2. The van der Waals surface area contributed by atoms with Gasteiger partial charge >= 0.3 is 0 Å². The van der Waals surface area contributed by atoms with Crippen molar-refractivity contribution in [3.05, 3.63) is 45.6 Å². The van der Waals surface area contributed by atoms with E-state index >= 15 is 0 Å². The molecule has 3 aromatic rings. The molecular weight excluding hydrogens is 342 g/mol. The average molecular weight is 359 g/mol. The molecule has 0 saturated heterocycles. The standard InChI is InChI=1S/C17H17N3O2S2/c1-10-4-6-11(7-5-10)12-9-24-16-14(12)15(22)19-17(20-16)23-8-2-3-13(18)21/h4-7,9H,2-3,8H2,1H3,(H2,18,21)(H,19,20,22). The summed E-state index contributed by atoms with van der Waals surface area (Å²) >= 11 is 2.90. The summed E-state index contributed by atoms with van der Waals surface area (Å²) in [6, 6.07) is 8.10. The lowest BCUT2D eigenvalue weighted by Gasteiger charge is -2.02. The van der Waals surface area contributed by atoms with Crippen LogP contribution in [0.3, 0.4) is 0 Å². The van der Waals surface area contributed by atoms with Crippen LogP contribution in [0.25, 0.3) is 21.3 Å². The number of carbonyl (C=O) groups is 1. The number of aromatic nitrogens is 2. The zero-order valence-electron chi connectivity index (χ0n) is 13.2. The van der Waals surface area contributed by atoms with E-state index in [1.807, 2.05) is 36.6 Å². The fourth-order valence-electron chi connectivity index (χ4n) is 2.36. The van der Waals surface area contributed by atoms with Gasteiger partial charge in [0.05, 0.1) is 5.39 Å². The lowest BCUT2D eigenvalue weighted by Crippen LogP contribution is -2.11. The maximum atomic E-state index is 12.5. The lowest BCUT2D eigenvalue weighted by molar-refractivity contribution is -0.118. The van der Waals surface area contributed by atoms with Gasteiger partial charge in [-0.2, -0.15) is 0 Å². The number of amides is 1. The largest absolute Gasteiger partial charge is 0.370 e. The fourth-order valence-corrected chi connectivity index (χ4v) is 4.17. The minimum absolute atomic E-state index is 0.130. The van der Waals surface area contributed by atoms with Crippen molar-refractivity contribution in [1.29, 1.82) is 0 Å². The van der Waals surface area contributed by atoms with E-state index in [2.05, 4.69) is 9.97 Å². The van der Waals surface area contributed by atoms with Crippen molar-refractivity contribution in [2.75, 3.05) is 5.75 Å². The molecule has 0 atom stereocenters. The first-order valence-corrected chi connectivity index (χ1v) is 9.41. The molecule has 0 spiro atoms. The number of aromatic amines is 1. The Hall–Kier alpha value is -2.12. The third-order valence-corrected chi connectivity index (χ3v) is 5.42. The van der Waals surface area contributed by atoms with Crippen molar-refractivity contribution >= 4 is 39.2 Å². The average Bonchev–Trinajstić information content (AvgIpc) is 2.97. The van der Waals surface area contributed by atoms with E-state index in [0.29, 0.717) is 29.1 Å². The molecule has 0 aliphatic heterocycles. The van der Waals surface area contributed by atoms with Gasteiger partial charge < -0.3 is 10.7 Å². The van der Waals surface area contributed by atoms with Crippen molar-refractivity contribution in [3.63, 3.8) is 0 Å². The number of hydrogen-bond acceptors (Lipinski definition) is 5. The van der Waals surface area contributed by atoms with Gasteiger partial charge in [-0.3, -0.25) is 9.59 Å². The summed E-state index contributed by atoms with van der Waals surface area (Å²) in [5.74, 6) is 0.377. The van der Waals surface area contributed by atoms with Gasteiger partial charge in [-0.1, -0.05) is 41.6 Å². The van der Waals surface area contributed by atoms with E-state index in [1.54, 1.807) is 0 Å². The maximum Gasteiger partial charge on any atom is 0.260 e. The zero-order chi connectivity index (χ0) is 17.1. The van der Waals surface area contributed by atoms with E-state index in [4.69, 9.17) is 5.73 Å². The zero-order valence-corrected chi connectivity index (χ0v) is 14.8. The van der Waals surface area contributed by atoms with Gasteiger partial charge in [0.2, 0.25) is 5.91 Å². The molecule has 0 bridgehead atoms. The Labute approximate surface area is 147 Å². The fraction of sp³-hybridized carbons (Fsp3) is 0.235.